The smallest absolute Gasteiger partial charge is 0.248 e. The van der Waals surface area contributed by atoms with Crippen LogP contribution in [-0.4, -0.2) is 78.6 Å². The van der Waals surface area contributed by atoms with Crippen molar-refractivity contribution in [2.24, 2.45) is 0 Å². The van der Waals surface area contributed by atoms with Crippen LogP contribution in [0.3, 0.4) is 0 Å². The molecule has 1 aliphatic heterocycles. The monoisotopic (exact) mass is 452 g/mol. The quantitative estimate of drug-likeness (QED) is 0.751. The molecule has 1 atom stereocenters. The summed E-state index contributed by atoms with van der Waals surface area (Å²) in [6.07, 6.45) is 2.44. The lowest BCUT2D eigenvalue weighted by Gasteiger charge is -2.39. The van der Waals surface area contributed by atoms with E-state index >= 15 is 0 Å². The fourth-order valence-corrected chi connectivity index (χ4v) is 5.60. The van der Waals surface area contributed by atoms with Gasteiger partial charge in [-0.05, 0) is 44.7 Å². The average Bonchev–Trinajstić information content (AvgIpc) is 3.24. The van der Waals surface area contributed by atoms with Crippen LogP contribution in [-0.2, 0) is 14.9 Å². The second-order valence-electron chi connectivity index (χ2n) is 9.83. The van der Waals surface area contributed by atoms with Crippen molar-refractivity contribution in [1.29, 1.82) is 0 Å². The number of furan rings is 1. The molecule has 0 bridgehead atoms. The van der Waals surface area contributed by atoms with E-state index in [-0.39, 0.29) is 23.2 Å². The molecule has 5 rings (SSSR count). The van der Waals surface area contributed by atoms with Crippen molar-refractivity contribution in [3.8, 4) is 0 Å². The minimum absolute atomic E-state index is 0.0963. The Balaban J connectivity index is 1.22. The van der Waals surface area contributed by atoms with E-state index in [4.69, 9.17) is 14.3 Å². The van der Waals surface area contributed by atoms with E-state index in [2.05, 4.69) is 18.7 Å². The Hall–Kier alpha value is -2.48. The molecule has 1 saturated heterocycles. The third kappa shape index (κ3) is 3.92. The van der Waals surface area contributed by atoms with E-state index in [9.17, 15) is 9.59 Å². The molecule has 7 nitrogen and oxygen atoms in total. The highest BCUT2D eigenvalue weighted by atomic mass is 16.5. The molecule has 7 heteroatoms. The molecule has 0 spiro atoms. The van der Waals surface area contributed by atoms with Gasteiger partial charge < -0.3 is 19.2 Å². The largest absolute Gasteiger partial charge is 0.459 e. The van der Waals surface area contributed by atoms with Gasteiger partial charge in [0.1, 0.15) is 18.0 Å². The van der Waals surface area contributed by atoms with Crippen molar-refractivity contribution in [2.75, 3.05) is 45.9 Å². The Kier molecular flexibility index (Phi) is 5.89. The van der Waals surface area contributed by atoms with Gasteiger partial charge in [0, 0.05) is 49.1 Å². The molecule has 1 aromatic carbocycles. The summed E-state index contributed by atoms with van der Waals surface area (Å²) in [6, 6.07) is 7.81. The zero-order valence-corrected chi connectivity index (χ0v) is 19.4. The van der Waals surface area contributed by atoms with Crippen LogP contribution in [0, 0.1) is 0 Å². The van der Waals surface area contributed by atoms with Crippen LogP contribution in [0.2, 0.25) is 0 Å². The van der Waals surface area contributed by atoms with Crippen molar-refractivity contribution < 1.29 is 23.8 Å². The standard InChI is InChI=1S/C26H32N2O5/c1-26(2)20-15-17(32-14-13-27-9-11-28(12-10-27)22(30)16-29)7-8-18(20)24(31)23-19-5-3-4-6-21(19)33-25(23)26/h3-6,17,29H,7-16H2,1-2H3. The summed E-state index contributed by atoms with van der Waals surface area (Å²) in [5.74, 6) is 0.704. The number of ether oxygens (including phenoxy) is 1. The number of carbonyl (C=O) groups is 2. The van der Waals surface area contributed by atoms with E-state index in [1.54, 1.807) is 4.90 Å². The summed E-state index contributed by atoms with van der Waals surface area (Å²) in [5, 5.41) is 9.92. The second kappa shape index (κ2) is 8.70. The Morgan fingerprint density at radius 3 is 2.73 bits per heavy atom. The number of aliphatic hydroxyl groups excluding tert-OH is 1. The highest BCUT2D eigenvalue weighted by Gasteiger charge is 2.45. The number of Topliss-reactive ketones (excluding diaryl/α,β-unsaturated/α-hetero) is 1. The average molecular weight is 453 g/mol. The van der Waals surface area contributed by atoms with Crippen molar-refractivity contribution in [1.82, 2.24) is 9.80 Å². The number of amides is 1. The molecule has 1 fully saturated rings. The van der Waals surface area contributed by atoms with Gasteiger partial charge in [-0.15, -0.1) is 0 Å². The summed E-state index contributed by atoms with van der Waals surface area (Å²) in [6.45, 7) is 8.24. The summed E-state index contributed by atoms with van der Waals surface area (Å²) in [5.41, 5.74) is 3.29. The first-order chi connectivity index (χ1) is 15.9. The molecule has 2 aromatic rings. The number of nitrogens with zero attached hydrogens (tertiary/aromatic N) is 2. The molecule has 1 unspecified atom stereocenters. The summed E-state index contributed by atoms with van der Waals surface area (Å²) in [4.78, 5) is 29.0. The first-order valence-corrected chi connectivity index (χ1v) is 11.9. The number of rotatable bonds is 5. The fraction of sp³-hybridized carbons (Fsp3) is 0.538. The van der Waals surface area contributed by atoms with Crippen LogP contribution in [0.1, 0.15) is 49.2 Å². The minimum atomic E-state index is -0.420. The van der Waals surface area contributed by atoms with Crippen LogP contribution in [0.15, 0.2) is 39.8 Å². The van der Waals surface area contributed by atoms with Gasteiger partial charge in [-0.1, -0.05) is 18.2 Å². The van der Waals surface area contributed by atoms with Gasteiger partial charge in [-0.2, -0.15) is 0 Å². The van der Waals surface area contributed by atoms with E-state index in [1.807, 2.05) is 24.3 Å². The zero-order valence-electron chi connectivity index (χ0n) is 19.4. The summed E-state index contributed by atoms with van der Waals surface area (Å²) < 4.78 is 12.5. The molecular weight excluding hydrogens is 420 g/mol. The van der Waals surface area contributed by atoms with Gasteiger partial charge in [-0.25, -0.2) is 0 Å². The number of ketones is 1. The predicted octanol–water partition coefficient (Wildman–Crippen LogP) is 2.91. The number of aliphatic hydroxyl groups is 1. The number of allylic oxidation sites excluding steroid dienone is 1. The first kappa shape index (κ1) is 22.3. The third-order valence-corrected chi connectivity index (χ3v) is 7.55. The molecule has 2 aliphatic carbocycles. The van der Waals surface area contributed by atoms with Gasteiger partial charge >= 0.3 is 0 Å². The third-order valence-electron chi connectivity index (χ3n) is 7.55. The second-order valence-corrected chi connectivity index (χ2v) is 9.83. The first-order valence-electron chi connectivity index (χ1n) is 11.9. The highest BCUT2D eigenvalue weighted by Crippen LogP contribution is 2.49. The normalized spacial score (nSPS) is 23.1. The van der Waals surface area contributed by atoms with Gasteiger partial charge in [0.15, 0.2) is 5.78 Å². The van der Waals surface area contributed by atoms with Gasteiger partial charge in [0.05, 0.1) is 18.3 Å². The molecular formula is C26H32N2O5. The Labute approximate surface area is 194 Å². The number of piperazine rings is 1. The van der Waals surface area contributed by atoms with Gasteiger partial charge in [-0.3, -0.25) is 14.5 Å². The molecule has 176 valence electrons. The lowest BCUT2D eigenvalue weighted by atomic mass is 9.66. The SMILES string of the molecule is CC1(C)C2=C(CCC(OCCN3CCN(C(=O)CO)CC3)C2)C(=O)c2c1oc1ccccc21. The number of para-hydroxylation sites is 1. The number of carbonyl (C=O) groups excluding carboxylic acids is 2. The van der Waals surface area contributed by atoms with Crippen molar-refractivity contribution in [3.05, 3.63) is 46.7 Å². The maximum absolute atomic E-state index is 13.4. The summed E-state index contributed by atoms with van der Waals surface area (Å²) >= 11 is 0. The van der Waals surface area contributed by atoms with Crippen LogP contribution in [0.25, 0.3) is 11.0 Å². The molecule has 1 amide bonds. The number of hydrogen-bond donors (Lipinski definition) is 1. The molecule has 2 heterocycles. The molecule has 0 radical (unpaired) electrons. The predicted molar refractivity (Wildman–Crippen MR) is 124 cm³/mol. The zero-order chi connectivity index (χ0) is 23.2. The van der Waals surface area contributed by atoms with Crippen LogP contribution in [0.4, 0.5) is 0 Å². The van der Waals surface area contributed by atoms with Crippen molar-refractivity contribution in [3.63, 3.8) is 0 Å². The van der Waals surface area contributed by atoms with Crippen LogP contribution >= 0.6 is 0 Å². The van der Waals surface area contributed by atoms with Gasteiger partial charge in [0.25, 0.3) is 0 Å². The van der Waals surface area contributed by atoms with Crippen LogP contribution in [0.5, 0.6) is 0 Å². The lowest BCUT2D eigenvalue weighted by Crippen LogP contribution is -2.50. The molecule has 0 saturated carbocycles. The number of benzene rings is 1. The van der Waals surface area contributed by atoms with E-state index in [0.29, 0.717) is 19.7 Å². The topological polar surface area (TPSA) is 83.2 Å². The van der Waals surface area contributed by atoms with Crippen LogP contribution < -0.4 is 0 Å². The van der Waals surface area contributed by atoms with E-state index in [0.717, 1.165) is 72.3 Å². The molecule has 33 heavy (non-hydrogen) atoms. The fourth-order valence-electron chi connectivity index (χ4n) is 5.60. The molecule has 1 aromatic heterocycles. The minimum Gasteiger partial charge on any atom is -0.459 e. The highest BCUT2D eigenvalue weighted by molar-refractivity contribution is 6.18. The van der Waals surface area contributed by atoms with Crippen molar-refractivity contribution in [2.45, 2.75) is 44.6 Å². The number of hydrogen-bond acceptors (Lipinski definition) is 6. The molecule has 1 N–H and O–H groups in total. The molecule has 3 aliphatic rings. The van der Waals surface area contributed by atoms with E-state index in [1.165, 1.54) is 0 Å². The Morgan fingerprint density at radius 2 is 1.97 bits per heavy atom. The summed E-state index contributed by atoms with van der Waals surface area (Å²) in [7, 11) is 0. The van der Waals surface area contributed by atoms with Gasteiger partial charge in [0.2, 0.25) is 5.91 Å². The maximum Gasteiger partial charge on any atom is 0.248 e. The maximum atomic E-state index is 13.4. The number of fused-ring (bicyclic) bond motifs is 3. The van der Waals surface area contributed by atoms with Crippen molar-refractivity contribution >= 4 is 22.7 Å². The Bertz CT molecular complexity index is 1110. The lowest BCUT2D eigenvalue weighted by molar-refractivity contribution is -0.136. The van der Waals surface area contributed by atoms with E-state index < -0.39 is 6.61 Å². The Morgan fingerprint density at radius 1 is 1.21 bits per heavy atom.